The van der Waals surface area contributed by atoms with Crippen molar-refractivity contribution in [2.45, 2.75) is 46.6 Å². The minimum absolute atomic E-state index is 0.00948. The molecule has 2 N–H and O–H groups in total. The van der Waals surface area contributed by atoms with E-state index in [4.69, 9.17) is 4.18 Å². The summed E-state index contributed by atoms with van der Waals surface area (Å²) in [6, 6.07) is 9.89. The Hall–Kier alpha value is -4.23. The lowest BCUT2D eigenvalue weighted by Crippen LogP contribution is -2.41. The molecule has 0 spiro atoms. The van der Waals surface area contributed by atoms with Gasteiger partial charge in [-0.15, -0.1) is 0 Å². The highest BCUT2D eigenvalue weighted by Crippen LogP contribution is 2.34. The number of halogens is 1. The highest BCUT2D eigenvalue weighted by atomic mass is 32.2. The molecule has 41 heavy (non-hydrogen) atoms. The van der Waals surface area contributed by atoms with Crippen LogP contribution >= 0.6 is 0 Å². The maximum absolute atomic E-state index is 14.8. The molecule has 1 aliphatic carbocycles. The van der Waals surface area contributed by atoms with Crippen LogP contribution in [0.2, 0.25) is 0 Å². The Balaban J connectivity index is 0.00000189. The Morgan fingerprint density at radius 3 is 2.29 bits per heavy atom. The smallest absolute Gasteiger partial charge is 0.371 e. The molecule has 1 aliphatic rings. The van der Waals surface area contributed by atoms with Crippen LogP contribution < -0.4 is 31.0 Å². The normalized spacial score (nSPS) is 13.0. The second-order valence-electron chi connectivity index (χ2n) is 9.43. The molecule has 218 valence electrons. The molecule has 11 nitrogen and oxygen atoms in total. The molecule has 0 radical (unpaired) electrons. The van der Waals surface area contributed by atoms with Gasteiger partial charge in [-0.25, -0.2) is 9.18 Å². The van der Waals surface area contributed by atoms with E-state index in [-0.39, 0.29) is 45.5 Å². The Morgan fingerprint density at radius 1 is 1.00 bits per heavy atom. The van der Waals surface area contributed by atoms with Crippen molar-refractivity contribution in [3.8, 4) is 11.4 Å². The van der Waals surface area contributed by atoms with Crippen molar-refractivity contribution in [1.29, 1.82) is 0 Å². The number of nitrogens with one attached hydrogen (secondary N) is 2. The van der Waals surface area contributed by atoms with Gasteiger partial charge in [0, 0.05) is 31.8 Å². The average Bonchev–Trinajstić information content (AvgIpc) is 3.77. The molecule has 0 aliphatic heterocycles. The summed E-state index contributed by atoms with van der Waals surface area (Å²) < 4.78 is 49.4. The molecule has 1 fully saturated rings. The monoisotopic (exact) mass is 585 g/mol. The molecule has 13 heteroatoms. The van der Waals surface area contributed by atoms with E-state index in [9.17, 15) is 27.2 Å². The van der Waals surface area contributed by atoms with Gasteiger partial charge in [0.15, 0.2) is 0 Å². The van der Waals surface area contributed by atoms with E-state index in [0.717, 1.165) is 4.57 Å². The molecule has 0 amide bonds. The van der Waals surface area contributed by atoms with E-state index >= 15 is 0 Å². The zero-order chi connectivity index (χ0) is 30.2. The summed E-state index contributed by atoms with van der Waals surface area (Å²) in [5.41, 5.74) is -0.787. The highest BCUT2D eigenvalue weighted by Gasteiger charge is 2.31. The molecular weight excluding hydrogens is 553 g/mol. The van der Waals surface area contributed by atoms with Gasteiger partial charge in [0.25, 0.3) is 11.1 Å². The van der Waals surface area contributed by atoms with Gasteiger partial charge in [-0.1, -0.05) is 26.0 Å². The van der Waals surface area contributed by atoms with Crippen LogP contribution in [0.4, 0.5) is 15.9 Å². The van der Waals surface area contributed by atoms with Crippen LogP contribution in [0, 0.1) is 19.7 Å². The number of aryl methyl sites for hydroxylation is 2. The van der Waals surface area contributed by atoms with E-state index in [1.807, 2.05) is 18.6 Å². The maximum atomic E-state index is 14.8. The summed E-state index contributed by atoms with van der Waals surface area (Å²) in [4.78, 5) is 41.0. The molecule has 4 aromatic rings. The summed E-state index contributed by atoms with van der Waals surface area (Å²) in [5, 5.41) is 2.91. The van der Waals surface area contributed by atoms with Crippen molar-refractivity contribution < 1.29 is 17.0 Å². The minimum atomic E-state index is -4.10. The second kappa shape index (κ2) is 11.3. The van der Waals surface area contributed by atoms with Crippen LogP contribution in [-0.2, 0) is 17.4 Å². The fraction of sp³-hybridized carbons (Fsp3) is 0.321. The zero-order valence-electron chi connectivity index (χ0n) is 23.6. The number of fused-ring (bicyclic) bond motifs is 1. The lowest BCUT2D eigenvalue weighted by atomic mass is 10.1. The van der Waals surface area contributed by atoms with Crippen LogP contribution in [0.3, 0.4) is 0 Å². The fourth-order valence-corrected chi connectivity index (χ4v) is 4.99. The van der Waals surface area contributed by atoms with Gasteiger partial charge in [-0.2, -0.15) is 13.1 Å². The van der Waals surface area contributed by atoms with Crippen LogP contribution in [0.5, 0.6) is 5.75 Å². The molecule has 5 rings (SSSR count). The third-order valence-electron chi connectivity index (χ3n) is 6.66. The number of aromatic nitrogens is 3. The first-order chi connectivity index (χ1) is 19.4. The van der Waals surface area contributed by atoms with E-state index < -0.39 is 32.9 Å². The Labute approximate surface area is 236 Å². The number of hydrogen-bond acceptors (Lipinski definition) is 7. The number of hydrogen-bond donors (Lipinski definition) is 2. The quantitative estimate of drug-likeness (QED) is 0.339. The first kappa shape index (κ1) is 29.7. The van der Waals surface area contributed by atoms with Crippen molar-refractivity contribution in [3.63, 3.8) is 0 Å². The highest BCUT2D eigenvalue weighted by molar-refractivity contribution is 7.85. The van der Waals surface area contributed by atoms with Crippen molar-refractivity contribution in [2.75, 3.05) is 12.4 Å². The molecule has 2 heterocycles. The Morgan fingerprint density at radius 2 is 1.68 bits per heavy atom. The molecule has 0 bridgehead atoms. The maximum Gasteiger partial charge on any atom is 0.382 e. The van der Waals surface area contributed by atoms with Crippen LogP contribution in [0.25, 0.3) is 16.6 Å². The van der Waals surface area contributed by atoms with Gasteiger partial charge in [-0.05, 0) is 56.5 Å². The SMILES string of the molecule is CC.CNS(=O)(=O)Oc1cccc(-n2c(=O)n(C3CC3)c(=O)c3c(Nc4ccc(C)cc4F)n(C)c(=O)c(C)c32)c1. The molecule has 0 atom stereocenters. The number of anilines is 2. The van der Waals surface area contributed by atoms with Gasteiger partial charge in [0.2, 0.25) is 0 Å². The van der Waals surface area contributed by atoms with Crippen molar-refractivity contribution in [3.05, 3.63) is 90.6 Å². The topological polar surface area (TPSA) is 133 Å². The molecule has 2 aromatic heterocycles. The van der Waals surface area contributed by atoms with E-state index in [2.05, 4.69) is 5.32 Å². The van der Waals surface area contributed by atoms with Crippen LogP contribution in [-0.4, -0.2) is 29.2 Å². The first-order valence-electron chi connectivity index (χ1n) is 13.1. The van der Waals surface area contributed by atoms with Gasteiger partial charge in [-0.3, -0.25) is 23.3 Å². The van der Waals surface area contributed by atoms with E-state index in [1.165, 1.54) is 66.6 Å². The molecule has 2 aromatic carbocycles. The molecule has 0 unspecified atom stereocenters. The summed E-state index contributed by atoms with van der Waals surface area (Å²) in [7, 11) is -1.46. The molecule has 0 saturated heterocycles. The predicted molar refractivity (Wildman–Crippen MR) is 156 cm³/mol. The van der Waals surface area contributed by atoms with Crippen molar-refractivity contribution >= 4 is 32.7 Å². The van der Waals surface area contributed by atoms with Crippen molar-refractivity contribution in [2.24, 2.45) is 7.05 Å². The van der Waals surface area contributed by atoms with Gasteiger partial charge >= 0.3 is 16.0 Å². The summed E-state index contributed by atoms with van der Waals surface area (Å²) in [6.07, 6.45) is 1.23. The first-order valence-corrected chi connectivity index (χ1v) is 14.5. The second-order valence-corrected chi connectivity index (χ2v) is 10.9. The minimum Gasteiger partial charge on any atom is -0.371 e. The number of rotatable bonds is 7. The van der Waals surface area contributed by atoms with E-state index in [0.29, 0.717) is 18.4 Å². The van der Waals surface area contributed by atoms with Gasteiger partial charge in [0.05, 0.1) is 16.9 Å². The number of pyridine rings is 1. The fourth-order valence-electron chi connectivity index (χ4n) is 4.55. The van der Waals surface area contributed by atoms with Crippen LogP contribution in [0.15, 0.2) is 56.8 Å². The Bertz CT molecular complexity index is 1940. The molecular formula is C28H32FN5O6S. The van der Waals surface area contributed by atoms with Gasteiger partial charge in [0.1, 0.15) is 22.8 Å². The number of benzene rings is 2. The zero-order valence-corrected chi connectivity index (χ0v) is 24.4. The van der Waals surface area contributed by atoms with Crippen LogP contribution in [0.1, 0.15) is 43.9 Å². The largest absolute Gasteiger partial charge is 0.382 e. The third kappa shape index (κ3) is 5.55. The Kier molecular flexibility index (Phi) is 8.22. The molecule has 1 saturated carbocycles. The summed E-state index contributed by atoms with van der Waals surface area (Å²) >= 11 is 0. The standard InChI is InChI=1S/C26H26FN5O6S.C2H6/c1-14-8-11-20(19(27)12-14)29-23-21-22(15(2)24(33)30(23)4)31(26(35)32(25(21)34)16-9-10-16)17-6-5-7-18(13-17)38-39(36,37)28-3;1-2/h5-8,11-13,16,28-29H,9-10H2,1-4H3;1-2H3. The lowest BCUT2D eigenvalue weighted by Gasteiger charge is -2.21. The summed E-state index contributed by atoms with van der Waals surface area (Å²) in [6.45, 7) is 7.22. The average molecular weight is 586 g/mol. The lowest BCUT2D eigenvalue weighted by molar-refractivity contribution is 0.477. The van der Waals surface area contributed by atoms with Crippen molar-refractivity contribution in [1.82, 2.24) is 18.4 Å². The summed E-state index contributed by atoms with van der Waals surface area (Å²) in [5.74, 6) is -0.656. The predicted octanol–water partition coefficient (Wildman–Crippen LogP) is 3.55. The third-order valence-corrected chi connectivity index (χ3v) is 7.58. The van der Waals surface area contributed by atoms with E-state index in [1.54, 1.807) is 13.0 Å². The number of nitrogens with zero attached hydrogens (tertiary/aromatic N) is 3. The van der Waals surface area contributed by atoms with Gasteiger partial charge < -0.3 is 9.50 Å².